The van der Waals surface area contributed by atoms with Crippen molar-refractivity contribution in [1.29, 1.82) is 0 Å². The van der Waals surface area contributed by atoms with Crippen LogP contribution in [0.3, 0.4) is 0 Å². The van der Waals surface area contributed by atoms with Crippen LogP contribution in [0, 0.1) is 0 Å². The Bertz CT molecular complexity index is 1030. The highest BCUT2D eigenvalue weighted by molar-refractivity contribution is 14.2. The SMILES string of the molecule is CC(C)(C)OC(=O)n1c2ccccc2c2ccc(OCCOCCOCCOSI)cc21. The Hall–Kier alpha value is -1.53. The first-order chi connectivity index (χ1) is 15.4. The minimum Gasteiger partial charge on any atom is -0.491 e. The van der Waals surface area contributed by atoms with Gasteiger partial charge in [-0.2, -0.15) is 0 Å². The normalized spacial score (nSPS) is 11.9. The molecule has 0 unspecified atom stereocenters. The lowest BCUT2D eigenvalue weighted by Gasteiger charge is -2.20. The number of nitrogens with zero attached hydrogens (tertiary/aromatic N) is 1. The smallest absolute Gasteiger partial charge is 0.419 e. The van der Waals surface area contributed by atoms with E-state index in [4.69, 9.17) is 23.1 Å². The second kappa shape index (κ2) is 12.1. The van der Waals surface area contributed by atoms with E-state index in [2.05, 4.69) is 21.2 Å². The van der Waals surface area contributed by atoms with Crippen LogP contribution in [0.15, 0.2) is 42.5 Å². The van der Waals surface area contributed by atoms with E-state index in [-0.39, 0.29) is 0 Å². The number of hydrogen-bond acceptors (Lipinski definition) is 7. The fourth-order valence-electron chi connectivity index (χ4n) is 3.21. The summed E-state index contributed by atoms with van der Waals surface area (Å²) in [6.07, 6.45) is -0.410. The molecule has 32 heavy (non-hydrogen) atoms. The maximum Gasteiger partial charge on any atom is 0.419 e. The van der Waals surface area contributed by atoms with E-state index in [0.717, 1.165) is 21.8 Å². The van der Waals surface area contributed by atoms with Crippen LogP contribution in [0.2, 0.25) is 0 Å². The second-order valence-electron chi connectivity index (χ2n) is 7.97. The van der Waals surface area contributed by atoms with Gasteiger partial charge in [-0.05, 0) is 39.0 Å². The number of para-hydroxylation sites is 1. The molecule has 7 nitrogen and oxygen atoms in total. The third-order valence-corrected chi connectivity index (χ3v) is 5.46. The van der Waals surface area contributed by atoms with E-state index in [9.17, 15) is 4.79 Å². The molecule has 0 spiro atoms. The minimum atomic E-state index is -0.592. The molecule has 2 aromatic carbocycles. The predicted molar refractivity (Wildman–Crippen MR) is 136 cm³/mol. The Morgan fingerprint density at radius 3 is 2.28 bits per heavy atom. The van der Waals surface area contributed by atoms with E-state index in [1.165, 1.54) is 9.21 Å². The van der Waals surface area contributed by atoms with Crippen molar-refractivity contribution in [3.63, 3.8) is 0 Å². The van der Waals surface area contributed by atoms with Gasteiger partial charge >= 0.3 is 6.09 Å². The van der Waals surface area contributed by atoms with Crippen LogP contribution in [0.5, 0.6) is 5.75 Å². The summed E-state index contributed by atoms with van der Waals surface area (Å²) in [5.41, 5.74) is 0.963. The highest BCUT2D eigenvalue weighted by atomic mass is 127. The number of carbonyl (C=O) groups excluding carboxylic acids is 1. The molecule has 0 amide bonds. The third kappa shape index (κ3) is 6.98. The third-order valence-electron chi connectivity index (χ3n) is 4.45. The van der Waals surface area contributed by atoms with Crippen LogP contribution in [0.1, 0.15) is 20.8 Å². The fraction of sp³-hybridized carbons (Fsp3) is 0.435. The maximum atomic E-state index is 13.0. The lowest BCUT2D eigenvalue weighted by atomic mass is 10.1. The molecule has 0 bridgehead atoms. The number of halogens is 1. The van der Waals surface area contributed by atoms with Crippen LogP contribution >= 0.6 is 30.4 Å². The second-order valence-corrected chi connectivity index (χ2v) is 9.41. The minimum absolute atomic E-state index is 0.396. The summed E-state index contributed by atoms with van der Waals surface area (Å²) in [7, 11) is 1.30. The van der Waals surface area contributed by atoms with Crippen molar-refractivity contribution in [2.45, 2.75) is 26.4 Å². The summed E-state index contributed by atoms with van der Waals surface area (Å²) >= 11 is 2.07. The number of fused-ring (bicyclic) bond motifs is 3. The van der Waals surface area contributed by atoms with Crippen molar-refractivity contribution in [2.24, 2.45) is 0 Å². The molecule has 1 aromatic heterocycles. The van der Waals surface area contributed by atoms with Gasteiger partial charge in [0.15, 0.2) is 0 Å². The zero-order chi connectivity index (χ0) is 23.0. The maximum absolute atomic E-state index is 13.0. The number of hydrogen-bond donors (Lipinski definition) is 0. The molecular weight excluding hydrogens is 545 g/mol. The average Bonchev–Trinajstić information content (AvgIpc) is 3.07. The van der Waals surface area contributed by atoms with Gasteiger partial charge in [-0.25, -0.2) is 9.36 Å². The standard InChI is InChI=1S/C23H28INO6S/c1-23(2,3)31-22(26)25-20-7-5-4-6-18(20)19-9-8-17(16-21(19)25)29-14-12-27-10-11-28-13-15-30-32-24/h4-9,16H,10-15H2,1-3H3. The monoisotopic (exact) mass is 573 g/mol. The zero-order valence-electron chi connectivity index (χ0n) is 18.5. The van der Waals surface area contributed by atoms with Crippen molar-refractivity contribution in [1.82, 2.24) is 4.57 Å². The van der Waals surface area contributed by atoms with Crippen LogP contribution in [-0.2, 0) is 18.4 Å². The molecule has 0 fully saturated rings. The van der Waals surface area contributed by atoms with Gasteiger partial charge in [0.1, 0.15) is 18.0 Å². The molecule has 0 saturated carbocycles. The van der Waals surface area contributed by atoms with Gasteiger partial charge in [0.05, 0.1) is 53.3 Å². The summed E-state index contributed by atoms with van der Waals surface area (Å²) in [5.74, 6) is 0.665. The van der Waals surface area contributed by atoms with Crippen molar-refractivity contribution < 1.29 is 27.9 Å². The molecular formula is C23H28INO6S. The first-order valence-corrected chi connectivity index (χ1v) is 13.6. The average molecular weight is 573 g/mol. The largest absolute Gasteiger partial charge is 0.491 e. The van der Waals surface area contributed by atoms with Crippen LogP contribution in [0.4, 0.5) is 4.79 Å². The van der Waals surface area contributed by atoms with Gasteiger partial charge in [0.2, 0.25) is 0 Å². The van der Waals surface area contributed by atoms with E-state index < -0.39 is 11.7 Å². The van der Waals surface area contributed by atoms with Gasteiger partial charge in [-0.15, -0.1) is 0 Å². The van der Waals surface area contributed by atoms with E-state index in [1.807, 2.05) is 63.2 Å². The molecule has 0 atom stereocenters. The molecule has 3 aromatic rings. The summed E-state index contributed by atoms with van der Waals surface area (Å²) in [5, 5.41) is 1.96. The molecule has 9 heteroatoms. The summed E-state index contributed by atoms with van der Waals surface area (Å²) in [6.45, 7) is 8.51. The van der Waals surface area contributed by atoms with Crippen LogP contribution in [-0.4, -0.2) is 55.9 Å². The summed E-state index contributed by atoms with van der Waals surface area (Å²) in [4.78, 5) is 13.0. The molecule has 0 aliphatic heterocycles. The van der Waals surface area contributed by atoms with Crippen LogP contribution in [0.25, 0.3) is 21.8 Å². The van der Waals surface area contributed by atoms with E-state index >= 15 is 0 Å². The molecule has 0 aliphatic carbocycles. The Balaban J connectivity index is 1.63. The van der Waals surface area contributed by atoms with E-state index in [0.29, 0.717) is 45.4 Å². The number of carbonyl (C=O) groups is 1. The molecule has 174 valence electrons. The van der Waals surface area contributed by atoms with Crippen molar-refractivity contribution >= 4 is 58.3 Å². The highest BCUT2D eigenvalue weighted by Crippen LogP contribution is 2.32. The molecule has 3 rings (SSSR count). The molecule has 0 radical (unpaired) electrons. The lowest BCUT2D eigenvalue weighted by molar-refractivity contribution is 0.0293. The summed E-state index contributed by atoms with van der Waals surface area (Å²) in [6, 6.07) is 13.5. The van der Waals surface area contributed by atoms with Crippen LogP contribution < -0.4 is 4.74 Å². The van der Waals surface area contributed by atoms with Gasteiger partial charge in [0, 0.05) is 38.0 Å². The van der Waals surface area contributed by atoms with Gasteiger partial charge < -0.3 is 23.1 Å². The Kier molecular flexibility index (Phi) is 9.47. The Morgan fingerprint density at radius 1 is 0.906 bits per heavy atom. The van der Waals surface area contributed by atoms with Gasteiger partial charge in [0.25, 0.3) is 0 Å². The molecule has 0 saturated heterocycles. The first kappa shape index (κ1) is 25.1. The molecule has 0 aliphatic rings. The van der Waals surface area contributed by atoms with E-state index in [1.54, 1.807) is 4.57 Å². The number of ether oxygens (including phenoxy) is 4. The topological polar surface area (TPSA) is 68.2 Å². The number of aromatic nitrogens is 1. The summed E-state index contributed by atoms with van der Waals surface area (Å²) < 4.78 is 29.1. The zero-order valence-corrected chi connectivity index (χ0v) is 21.4. The number of benzene rings is 2. The highest BCUT2D eigenvalue weighted by Gasteiger charge is 2.22. The number of rotatable bonds is 11. The predicted octanol–water partition coefficient (Wildman–Crippen LogP) is 6.00. The first-order valence-electron chi connectivity index (χ1n) is 10.4. The fourth-order valence-corrected chi connectivity index (χ4v) is 3.88. The van der Waals surface area contributed by atoms with Crippen molar-refractivity contribution in [2.75, 3.05) is 39.6 Å². The molecule has 0 N–H and O–H groups in total. The Labute approximate surface area is 204 Å². The van der Waals surface area contributed by atoms with Crippen molar-refractivity contribution in [3.8, 4) is 5.75 Å². The quantitative estimate of drug-likeness (QED) is 0.158. The van der Waals surface area contributed by atoms with Crippen molar-refractivity contribution in [3.05, 3.63) is 42.5 Å². The van der Waals surface area contributed by atoms with Gasteiger partial charge in [-0.1, -0.05) is 18.2 Å². The van der Waals surface area contributed by atoms with Gasteiger partial charge in [-0.3, -0.25) is 0 Å². The lowest BCUT2D eigenvalue weighted by Crippen LogP contribution is -2.27. The molecule has 1 heterocycles. The Morgan fingerprint density at radius 2 is 1.56 bits per heavy atom.